The maximum atomic E-state index is 12.8. The maximum absolute atomic E-state index is 12.8. The fourth-order valence-electron chi connectivity index (χ4n) is 6.99. The fraction of sp³-hybridized carbons (Fsp3) is 0.745. The molecule has 0 aliphatic carbocycles. The molecule has 0 N–H and O–H groups in total. The van der Waals surface area contributed by atoms with Gasteiger partial charge in [0.15, 0.2) is 6.10 Å². The average molecular weight is 837 g/mol. The minimum atomic E-state index is -0.578. The van der Waals surface area contributed by atoms with Gasteiger partial charge in [0, 0.05) is 13.0 Å². The quantitative estimate of drug-likeness (QED) is 0.0347. The number of ether oxygens (including phenoxy) is 3. The van der Waals surface area contributed by atoms with E-state index in [0.29, 0.717) is 13.0 Å². The molecule has 346 valence electrons. The van der Waals surface area contributed by atoms with E-state index in [2.05, 4.69) is 81.5 Å². The average Bonchev–Trinajstić information content (AvgIpc) is 3.25. The Labute approximate surface area is 372 Å². The van der Waals surface area contributed by atoms with E-state index in [4.69, 9.17) is 14.2 Å². The van der Waals surface area contributed by atoms with Crippen molar-refractivity contribution in [1.29, 1.82) is 0 Å². The molecule has 1 unspecified atom stereocenters. The van der Waals surface area contributed by atoms with Gasteiger partial charge in [0.25, 0.3) is 0 Å². The van der Waals surface area contributed by atoms with E-state index in [1.807, 2.05) is 12.2 Å². The van der Waals surface area contributed by atoms with Crippen molar-refractivity contribution in [1.82, 2.24) is 0 Å². The van der Waals surface area contributed by atoms with Crippen molar-refractivity contribution in [2.24, 2.45) is 0 Å². The van der Waals surface area contributed by atoms with Crippen molar-refractivity contribution in [2.45, 2.75) is 245 Å². The van der Waals surface area contributed by atoms with Crippen LogP contribution in [0.4, 0.5) is 0 Å². The first-order valence-electron chi connectivity index (χ1n) is 25.5. The summed E-state index contributed by atoms with van der Waals surface area (Å²) >= 11 is 0. The van der Waals surface area contributed by atoms with Gasteiger partial charge in [0.05, 0.1) is 13.0 Å². The molecule has 5 heteroatoms. The summed E-state index contributed by atoms with van der Waals surface area (Å²) in [7, 11) is 0. The Morgan fingerprint density at radius 3 is 1.28 bits per heavy atom. The van der Waals surface area contributed by atoms with Gasteiger partial charge in [-0.1, -0.05) is 229 Å². The Bertz CT molecular complexity index is 1080. The molecule has 0 saturated heterocycles. The Balaban J connectivity index is 4.38. The summed E-state index contributed by atoms with van der Waals surface area (Å²) in [5.74, 6) is -0.541. The third kappa shape index (κ3) is 48.0. The third-order valence-corrected chi connectivity index (χ3v) is 10.8. The van der Waals surface area contributed by atoms with Gasteiger partial charge in [-0.3, -0.25) is 9.59 Å². The van der Waals surface area contributed by atoms with Gasteiger partial charge in [-0.25, -0.2) is 0 Å². The lowest BCUT2D eigenvalue weighted by Crippen LogP contribution is -2.30. The minimum absolute atomic E-state index is 0.0291. The first-order chi connectivity index (χ1) is 29.6. The summed E-state index contributed by atoms with van der Waals surface area (Å²) in [6.45, 7) is 7.60. The van der Waals surface area contributed by atoms with E-state index < -0.39 is 6.10 Å². The normalized spacial score (nSPS) is 12.8. The highest BCUT2D eigenvalue weighted by atomic mass is 16.6. The van der Waals surface area contributed by atoms with Crippen LogP contribution in [0.1, 0.15) is 239 Å². The van der Waals surface area contributed by atoms with Crippen molar-refractivity contribution in [3.8, 4) is 0 Å². The van der Waals surface area contributed by atoms with Crippen LogP contribution in [0.5, 0.6) is 0 Å². The Morgan fingerprint density at radius 2 is 0.800 bits per heavy atom. The van der Waals surface area contributed by atoms with Crippen LogP contribution in [0.2, 0.25) is 0 Å². The van der Waals surface area contributed by atoms with Gasteiger partial charge in [-0.15, -0.1) is 0 Å². The molecule has 0 amide bonds. The lowest BCUT2D eigenvalue weighted by molar-refractivity contribution is -0.162. The molecule has 0 radical (unpaired) electrons. The Morgan fingerprint density at radius 1 is 0.400 bits per heavy atom. The SMILES string of the molecule is CC/C=C\C/C=C\C/C=C\C/C=C\C/C=C\CC(=O)OCC(COCCCCCCCC/C=C\CCCCCC)OC(=O)CCCCCCCCCCCCCCCCC. The largest absolute Gasteiger partial charge is 0.461 e. The molecule has 0 aliphatic rings. The Kier molecular flexibility index (Phi) is 48.4. The number of carbonyl (C=O) groups is 2. The minimum Gasteiger partial charge on any atom is -0.461 e. The number of rotatable bonds is 46. The summed E-state index contributed by atoms with van der Waals surface area (Å²) in [6.07, 6.45) is 65.0. The standard InChI is InChI=1S/C55H96O5/c1-4-7-10-13-16-19-22-25-28-30-33-36-39-42-45-48-54(56)59-52-53(51-58-50-47-44-41-38-35-32-27-24-21-18-15-12-9-6-3)60-55(57)49-46-43-40-37-34-31-29-26-23-20-17-14-11-8-5-2/h7,10,16,19,21,24-25,28,33,36,42,45,53H,4-6,8-9,11-15,17-18,20,22-23,26-27,29-32,34-35,37-41,43-44,46-52H2,1-3H3/b10-7-,19-16-,24-21-,28-25-,36-33-,45-42-. The third-order valence-electron chi connectivity index (χ3n) is 10.8. The fourth-order valence-corrected chi connectivity index (χ4v) is 6.99. The number of hydrogen-bond acceptors (Lipinski definition) is 5. The van der Waals surface area contributed by atoms with Crippen LogP contribution in [0.25, 0.3) is 0 Å². The molecule has 0 aromatic carbocycles. The zero-order valence-electron chi connectivity index (χ0n) is 39.7. The highest BCUT2D eigenvalue weighted by Crippen LogP contribution is 2.15. The van der Waals surface area contributed by atoms with Crippen molar-refractivity contribution < 1.29 is 23.8 Å². The van der Waals surface area contributed by atoms with Gasteiger partial charge in [0.1, 0.15) is 6.61 Å². The van der Waals surface area contributed by atoms with Crippen LogP contribution in [0.15, 0.2) is 72.9 Å². The van der Waals surface area contributed by atoms with Crippen molar-refractivity contribution in [2.75, 3.05) is 19.8 Å². The topological polar surface area (TPSA) is 61.8 Å². The molecule has 1 atom stereocenters. The van der Waals surface area contributed by atoms with E-state index in [0.717, 1.165) is 57.8 Å². The van der Waals surface area contributed by atoms with Crippen LogP contribution in [0, 0.1) is 0 Å². The summed E-state index contributed by atoms with van der Waals surface area (Å²) in [6, 6.07) is 0. The second-order valence-electron chi connectivity index (χ2n) is 16.7. The summed E-state index contributed by atoms with van der Waals surface area (Å²) < 4.78 is 17.3. The zero-order valence-corrected chi connectivity index (χ0v) is 39.7. The lowest BCUT2D eigenvalue weighted by Gasteiger charge is -2.18. The van der Waals surface area contributed by atoms with E-state index in [-0.39, 0.29) is 31.6 Å². The highest BCUT2D eigenvalue weighted by Gasteiger charge is 2.17. The molecular weight excluding hydrogens is 741 g/mol. The van der Waals surface area contributed by atoms with Crippen LogP contribution in [0.3, 0.4) is 0 Å². The van der Waals surface area contributed by atoms with E-state index >= 15 is 0 Å². The van der Waals surface area contributed by atoms with Crippen LogP contribution in [-0.2, 0) is 23.8 Å². The Hall–Kier alpha value is -2.66. The summed E-state index contributed by atoms with van der Waals surface area (Å²) in [4.78, 5) is 25.3. The first-order valence-corrected chi connectivity index (χ1v) is 25.5. The molecule has 0 saturated carbocycles. The number of carbonyl (C=O) groups excluding carboxylic acids is 2. The van der Waals surface area contributed by atoms with E-state index in [9.17, 15) is 9.59 Å². The first kappa shape index (κ1) is 57.3. The predicted octanol–water partition coefficient (Wildman–Crippen LogP) is 17.1. The molecule has 5 nitrogen and oxygen atoms in total. The monoisotopic (exact) mass is 837 g/mol. The summed E-state index contributed by atoms with van der Waals surface area (Å²) in [5, 5.41) is 0. The van der Waals surface area contributed by atoms with Crippen molar-refractivity contribution >= 4 is 11.9 Å². The van der Waals surface area contributed by atoms with E-state index in [1.54, 1.807) is 0 Å². The van der Waals surface area contributed by atoms with Gasteiger partial charge in [-0.2, -0.15) is 0 Å². The van der Waals surface area contributed by atoms with E-state index in [1.165, 1.54) is 148 Å². The molecule has 0 heterocycles. The smallest absolute Gasteiger partial charge is 0.309 e. The second kappa shape index (κ2) is 50.7. The van der Waals surface area contributed by atoms with Crippen LogP contribution in [-0.4, -0.2) is 37.9 Å². The van der Waals surface area contributed by atoms with Crippen LogP contribution >= 0.6 is 0 Å². The molecule has 0 aromatic rings. The maximum Gasteiger partial charge on any atom is 0.309 e. The molecule has 0 spiro atoms. The number of hydrogen-bond donors (Lipinski definition) is 0. The molecule has 0 rings (SSSR count). The van der Waals surface area contributed by atoms with Gasteiger partial charge in [-0.05, 0) is 70.6 Å². The number of esters is 2. The van der Waals surface area contributed by atoms with Gasteiger partial charge in [0.2, 0.25) is 0 Å². The molecule has 0 fully saturated rings. The second-order valence-corrected chi connectivity index (χ2v) is 16.7. The van der Waals surface area contributed by atoms with Crippen molar-refractivity contribution in [3.05, 3.63) is 72.9 Å². The molecule has 60 heavy (non-hydrogen) atoms. The molecular formula is C55H96O5. The molecule has 0 bridgehead atoms. The highest BCUT2D eigenvalue weighted by molar-refractivity contribution is 5.71. The zero-order chi connectivity index (χ0) is 43.5. The molecule has 0 aromatic heterocycles. The number of unbranched alkanes of at least 4 members (excludes halogenated alkanes) is 24. The lowest BCUT2D eigenvalue weighted by atomic mass is 10.0. The summed E-state index contributed by atoms with van der Waals surface area (Å²) in [5.41, 5.74) is 0. The molecule has 0 aliphatic heterocycles. The van der Waals surface area contributed by atoms with Gasteiger partial charge < -0.3 is 14.2 Å². The number of allylic oxidation sites excluding steroid dienone is 11. The van der Waals surface area contributed by atoms with Crippen molar-refractivity contribution in [3.63, 3.8) is 0 Å². The predicted molar refractivity (Wildman–Crippen MR) is 260 cm³/mol. The van der Waals surface area contributed by atoms with Crippen LogP contribution < -0.4 is 0 Å². The van der Waals surface area contributed by atoms with Gasteiger partial charge >= 0.3 is 11.9 Å².